The van der Waals surface area contributed by atoms with E-state index >= 15 is 0 Å². The van der Waals surface area contributed by atoms with Crippen molar-refractivity contribution in [2.45, 2.75) is 25.9 Å². The minimum Gasteiger partial charge on any atom is -0.497 e. The van der Waals surface area contributed by atoms with Crippen LogP contribution in [0.3, 0.4) is 0 Å². The molecule has 1 fully saturated rings. The molecular weight excluding hydrogens is 414 g/mol. The molecule has 0 saturated carbocycles. The van der Waals surface area contributed by atoms with E-state index < -0.39 is 12.0 Å². The second-order valence-corrected chi connectivity index (χ2v) is 7.74. The fourth-order valence-corrected chi connectivity index (χ4v) is 3.68. The molecule has 0 radical (unpaired) electrons. The summed E-state index contributed by atoms with van der Waals surface area (Å²) in [5.41, 5.74) is 1.57. The molecule has 0 unspecified atom stereocenters. The van der Waals surface area contributed by atoms with E-state index in [2.05, 4.69) is 10.6 Å². The normalized spacial score (nSPS) is 17.8. The van der Waals surface area contributed by atoms with Gasteiger partial charge in [0.05, 0.1) is 13.0 Å². The van der Waals surface area contributed by atoms with Crippen molar-refractivity contribution in [3.05, 3.63) is 48.0 Å². The Morgan fingerprint density at radius 3 is 2.66 bits per heavy atom. The van der Waals surface area contributed by atoms with Gasteiger partial charge in [-0.25, -0.2) is 0 Å². The summed E-state index contributed by atoms with van der Waals surface area (Å²) in [6.07, 6.45) is 0.101. The molecule has 0 spiro atoms. The zero-order valence-corrected chi connectivity index (χ0v) is 17.9. The summed E-state index contributed by atoms with van der Waals surface area (Å²) in [7, 11) is 1.57. The van der Waals surface area contributed by atoms with E-state index in [4.69, 9.17) is 14.2 Å². The van der Waals surface area contributed by atoms with E-state index in [9.17, 15) is 14.4 Å². The van der Waals surface area contributed by atoms with Crippen molar-refractivity contribution in [1.29, 1.82) is 0 Å². The number of hydrogen-bond acceptors (Lipinski definition) is 6. The number of amides is 3. The van der Waals surface area contributed by atoms with Crippen molar-refractivity contribution >= 4 is 23.4 Å². The monoisotopic (exact) mass is 439 g/mol. The SMILES string of the molecule is COc1ccc(N2C[C@@H](C(=O)N[C@@H](C)C(=O)NCc3ccc4c(c3)OCO4)CC2=O)cc1. The van der Waals surface area contributed by atoms with Crippen LogP contribution < -0.4 is 29.7 Å². The van der Waals surface area contributed by atoms with Gasteiger partial charge in [0.1, 0.15) is 11.8 Å². The number of methoxy groups -OCH3 is 1. The Balaban J connectivity index is 1.28. The van der Waals surface area contributed by atoms with Gasteiger partial charge < -0.3 is 29.7 Å². The maximum atomic E-state index is 12.7. The van der Waals surface area contributed by atoms with E-state index in [1.54, 1.807) is 49.3 Å². The molecular formula is C23H25N3O6. The van der Waals surface area contributed by atoms with E-state index in [-0.39, 0.29) is 37.5 Å². The van der Waals surface area contributed by atoms with Crippen LogP contribution in [0.25, 0.3) is 0 Å². The van der Waals surface area contributed by atoms with E-state index in [1.165, 1.54) is 0 Å². The molecule has 2 aromatic carbocycles. The van der Waals surface area contributed by atoms with Gasteiger partial charge >= 0.3 is 0 Å². The third kappa shape index (κ3) is 4.61. The fourth-order valence-electron chi connectivity index (χ4n) is 3.68. The summed E-state index contributed by atoms with van der Waals surface area (Å²) in [6, 6.07) is 11.8. The summed E-state index contributed by atoms with van der Waals surface area (Å²) in [4.78, 5) is 39.1. The van der Waals surface area contributed by atoms with Crippen molar-refractivity contribution in [2.75, 3.05) is 25.3 Å². The number of carbonyl (C=O) groups is 3. The van der Waals surface area contributed by atoms with Gasteiger partial charge in [-0.05, 0) is 48.9 Å². The molecule has 2 atom stereocenters. The van der Waals surface area contributed by atoms with Crippen molar-refractivity contribution < 1.29 is 28.6 Å². The first-order chi connectivity index (χ1) is 15.4. The first-order valence-corrected chi connectivity index (χ1v) is 10.4. The third-order valence-electron chi connectivity index (χ3n) is 5.54. The van der Waals surface area contributed by atoms with Crippen LogP contribution in [0.4, 0.5) is 5.69 Å². The molecule has 2 aliphatic heterocycles. The van der Waals surface area contributed by atoms with Gasteiger partial charge in [0.25, 0.3) is 0 Å². The molecule has 9 heteroatoms. The van der Waals surface area contributed by atoms with E-state index in [0.717, 1.165) is 5.56 Å². The molecule has 2 aliphatic rings. The summed E-state index contributed by atoms with van der Waals surface area (Å²) >= 11 is 0. The number of rotatable bonds is 7. The molecule has 4 rings (SSSR count). The number of ether oxygens (including phenoxy) is 3. The zero-order chi connectivity index (χ0) is 22.7. The van der Waals surface area contributed by atoms with Gasteiger partial charge in [0, 0.05) is 25.2 Å². The molecule has 168 valence electrons. The quantitative estimate of drug-likeness (QED) is 0.679. The average Bonchev–Trinajstić information content (AvgIpc) is 3.43. The summed E-state index contributed by atoms with van der Waals surface area (Å²) in [5.74, 6) is 0.729. The van der Waals surface area contributed by atoms with Gasteiger partial charge in [-0.15, -0.1) is 0 Å². The second kappa shape index (κ2) is 9.17. The number of benzene rings is 2. The number of hydrogen-bond donors (Lipinski definition) is 2. The minimum absolute atomic E-state index is 0.101. The minimum atomic E-state index is -0.735. The highest BCUT2D eigenvalue weighted by Crippen LogP contribution is 2.32. The molecule has 3 amide bonds. The third-order valence-corrected chi connectivity index (χ3v) is 5.54. The van der Waals surface area contributed by atoms with Gasteiger partial charge in [-0.3, -0.25) is 14.4 Å². The lowest BCUT2D eigenvalue weighted by Gasteiger charge is -2.18. The fraction of sp³-hybridized carbons (Fsp3) is 0.348. The van der Waals surface area contributed by atoms with Crippen LogP contribution in [0.2, 0.25) is 0 Å². The van der Waals surface area contributed by atoms with Crippen molar-refractivity contribution in [3.8, 4) is 17.2 Å². The highest BCUT2D eigenvalue weighted by Gasteiger charge is 2.36. The van der Waals surface area contributed by atoms with Crippen LogP contribution in [-0.2, 0) is 20.9 Å². The summed E-state index contributed by atoms with van der Waals surface area (Å²) in [6.45, 7) is 2.37. The maximum Gasteiger partial charge on any atom is 0.242 e. The number of nitrogens with one attached hydrogen (secondary N) is 2. The van der Waals surface area contributed by atoms with Crippen LogP contribution in [-0.4, -0.2) is 44.2 Å². The molecule has 0 aromatic heterocycles. The lowest BCUT2D eigenvalue weighted by atomic mass is 10.1. The zero-order valence-electron chi connectivity index (χ0n) is 17.9. The van der Waals surface area contributed by atoms with Gasteiger partial charge in [0.15, 0.2) is 11.5 Å². The van der Waals surface area contributed by atoms with Crippen molar-refractivity contribution in [1.82, 2.24) is 10.6 Å². The van der Waals surface area contributed by atoms with Crippen molar-refractivity contribution in [2.24, 2.45) is 5.92 Å². The molecule has 0 aliphatic carbocycles. The lowest BCUT2D eigenvalue weighted by molar-refractivity contribution is -0.131. The Bertz CT molecular complexity index is 1020. The number of fused-ring (bicyclic) bond motifs is 1. The van der Waals surface area contributed by atoms with Crippen LogP contribution in [0.5, 0.6) is 17.2 Å². The highest BCUT2D eigenvalue weighted by molar-refractivity contribution is 6.01. The standard InChI is InChI=1S/C23H25N3O6/c1-14(22(28)24-11-15-3-8-19-20(9-15)32-13-31-19)25-23(29)16-10-21(27)26(12-16)17-4-6-18(30-2)7-5-17/h3-9,14,16H,10-13H2,1-2H3,(H,24,28)(H,25,29)/t14-,16-/m0/s1. The predicted molar refractivity (Wildman–Crippen MR) is 115 cm³/mol. The van der Waals surface area contributed by atoms with Gasteiger partial charge in [-0.2, -0.15) is 0 Å². The Labute approximate surface area is 185 Å². The smallest absolute Gasteiger partial charge is 0.242 e. The van der Waals surface area contributed by atoms with Gasteiger partial charge in [-0.1, -0.05) is 6.07 Å². The van der Waals surface area contributed by atoms with Crippen LogP contribution in [0.1, 0.15) is 18.9 Å². The second-order valence-electron chi connectivity index (χ2n) is 7.74. The highest BCUT2D eigenvalue weighted by atomic mass is 16.7. The number of anilines is 1. The molecule has 1 saturated heterocycles. The van der Waals surface area contributed by atoms with Crippen LogP contribution in [0.15, 0.2) is 42.5 Å². The molecule has 2 N–H and O–H groups in total. The molecule has 9 nitrogen and oxygen atoms in total. The first kappa shape index (κ1) is 21.5. The molecule has 2 heterocycles. The summed E-state index contributed by atoms with van der Waals surface area (Å²) in [5, 5.41) is 5.52. The number of carbonyl (C=O) groups excluding carboxylic acids is 3. The Kier molecular flexibility index (Phi) is 6.16. The lowest BCUT2D eigenvalue weighted by Crippen LogP contribution is -2.46. The predicted octanol–water partition coefficient (Wildman–Crippen LogP) is 1.60. The molecule has 2 aromatic rings. The molecule has 32 heavy (non-hydrogen) atoms. The van der Waals surface area contributed by atoms with E-state index in [1.807, 2.05) is 12.1 Å². The largest absolute Gasteiger partial charge is 0.497 e. The Morgan fingerprint density at radius 1 is 1.16 bits per heavy atom. The maximum absolute atomic E-state index is 12.7. The number of nitrogens with zero attached hydrogens (tertiary/aromatic N) is 1. The Hall–Kier alpha value is -3.75. The topological polar surface area (TPSA) is 106 Å². The van der Waals surface area contributed by atoms with Crippen LogP contribution >= 0.6 is 0 Å². The van der Waals surface area contributed by atoms with Gasteiger partial charge in [0.2, 0.25) is 24.5 Å². The van der Waals surface area contributed by atoms with Crippen molar-refractivity contribution in [3.63, 3.8) is 0 Å². The average molecular weight is 439 g/mol. The summed E-state index contributed by atoms with van der Waals surface area (Å²) < 4.78 is 15.7. The van der Waals surface area contributed by atoms with Crippen LogP contribution in [0, 0.1) is 5.92 Å². The van der Waals surface area contributed by atoms with E-state index in [0.29, 0.717) is 29.5 Å². The Morgan fingerprint density at radius 2 is 1.91 bits per heavy atom. The molecule has 0 bridgehead atoms. The first-order valence-electron chi connectivity index (χ1n) is 10.4.